The van der Waals surface area contributed by atoms with Gasteiger partial charge in [0, 0.05) is 73.7 Å². The Morgan fingerprint density at radius 1 is 1.10 bits per heavy atom. The number of carbonyl (C=O) groups excluding carboxylic acids is 1. The lowest BCUT2D eigenvalue weighted by molar-refractivity contribution is -0.119. The van der Waals surface area contributed by atoms with Crippen LogP contribution in [-0.2, 0) is 9.53 Å². The number of piperazine rings is 1. The summed E-state index contributed by atoms with van der Waals surface area (Å²) in [5, 5.41) is 14.4. The third-order valence-electron chi connectivity index (χ3n) is 7.39. The number of aromatic nitrogens is 4. The predicted molar refractivity (Wildman–Crippen MR) is 155 cm³/mol. The molecular formula is C28H38N8O2S. The molecule has 1 amide bonds. The molecule has 1 saturated heterocycles. The van der Waals surface area contributed by atoms with Crippen LogP contribution in [0.3, 0.4) is 0 Å². The molecule has 0 unspecified atom stereocenters. The number of hydrogen-bond donors (Lipinski definition) is 3. The van der Waals surface area contributed by atoms with E-state index in [1.165, 1.54) is 11.8 Å². The molecule has 10 nitrogen and oxygen atoms in total. The molecule has 1 aliphatic carbocycles. The number of anilines is 4. The van der Waals surface area contributed by atoms with Gasteiger partial charge in [0.15, 0.2) is 11.0 Å². The molecule has 3 aromatic rings. The van der Waals surface area contributed by atoms with Gasteiger partial charge in [-0.1, -0.05) is 12.8 Å². The van der Waals surface area contributed by atoms with Crippen LogP contribution in [-0.4, -0.2) is 77.4 Å². The van der Waals surface area contributed by atoms with Crippen molar-refractivity contribution in [3.05, 3.63) is 41.6 Å². The van der Waals surface area contributed by atoms with Crippen molar-refractivity contribution in [1.29, 1.82) is 0 Å². The molecule has 208 valence electrons. The Balaban J connectivity index is 1.33. The number of amides is 1. The van der Waals surface area contributed by atoms with Gasteiger partial charge in [0.25, 0.3) is 0 Å². The fraction of sp³-hybridized carbons (Fsp3) is 0.500. The second-order valence-corrected chi connectivity index (χ2v) is 11.3. The maximum absolute atomic E-state index is 12.5. The molecule has 3 N–H and O–H groups in total. The number of rotatable bonds is 10. The molecule has 2 aliphatic rings. The first-order chi connectivity index (χ1) is 19.0. The van der Waals surface area contributed by atoms with Gasteiger partial charge in [0.2, 0.25) is 5.91 Å². The Morgan fingerprint density at radius 3 is 2.51 bits per heavy atom. The van der Waals surface area contributed by atoms with Crippen LogP contribution in [0.4, 0.5) is 23.1 Å². The maximum Gasteiger partial charge on any atom is 0.227 e. The normalized spacial score (nSPS) is 16.5. The number of ether oxygens (including phenoxy) is 1. The van der Waals surface area contributed by atoms with Gasteiger partial charge in [-0.3, -0.25) is 14.8 Å². The number of nitrogens with one attached hydrogen (secondary N) is 3. The summed E-state index contributed by atoms with van der Waals surface area (Å²) in [6, 6.07) is 9.89. The van der Waals surface area contributed by atoms with E-state index in [0.717, 1.165) is 104 Å². The predicted octanol–water partition coefficient (Wildman–Crippen LogP) is 4.61. The minimum atomic E-state index is 0.131. The van der Waals surface area contributed by atoms with Crippen molar-refractivity contribution in [2.45, 2.75) is 49.6 Å². The van der Waals surface area contributed by atoms with Crippen LogP contribution in [0.25, 0.3) is 0 Å². The van der Waals surface area contributed by atoms with E-state index in [9.17, 15) is 4.79 Å². The molecule has 39 heavy (non-hydrogen) atoms. The van der Waals surface area contributed by atoms with Crippen LogP contribution in [0.2, 0.25) is 0 Å². The van der Waals surface area contributed by atoms with Gasteiger partial charge in [0.05, 0.1) is 6.61 Å². The fourth-order valence-electron chi connectivity index (χ4n) is 5.11. The van der Waals surface area contributed by atoms with Crippen LogP contribution in [0.5, 0.6) is 0 Å². The van der Waals surface area contributed by atoms with E-state index in [1.807, 2.05) is 37.3 Å². The third-order valence-corrected chi connectivity index (χ3v) is 8.27. The maximum atomic E-state index is 12.5. The molecule has 0 spiro atoms. The summed E-state index contributed by atoms with van der Waals surface area (Å²) in [4.78, 5) is 28.2. The second-order valence-electron chi connectivity index (χ2n) is 10.3. The fourth-order valence-corrected chi connectivity index (χ4v) is 5.86. The van der Waals surface area contributed by atoms with Gasteiger partial charge in [0.1, 0.15) is 11.6 Å². The van der Waals surface area contributed by atoms with Crippen molar-refractivity contribution in [2.24, 2.45) is 5.92 Å². The summed E-state index contributed by atoms with van der Waals surface area (Å²) in [6.07, 6.45) is 4.27. The summed E-state index contributed by atoms with van der Waals surface area (Å²) < 4.78 is 5.25. The van der Waals surface area contributed by atoms with Crippen LogP contribution in [0.1, 0.15) is 36.9 Å². The lowest BCUT2D eigenvalue weighted by Crippen LogP contribution is -2.47. The molecule has 2 fully saturated rings. The molecular weight excluding hydrogens is 512 g/mol. The number of carbonyl (C=O) groups is 1. The molecule has 1 saturated carbocycles. The first-order valence-electron chi connectivity index (χ1n) is 13.7. The lowest BCUT2D eigenvalue weighted by atomic mass is 10.1. The number of methoxy groups -OCH3 is 1. The largest absolute Gasteiger partial charge is 0.383 e. The smallest absolute Gasteiger partial charge is 0.227 e. The standard InChI is InChI=1S/C28H38N8O2S/c1-19-18-24(34-33-19)30-25-20(2)26(36-14-12-35(13-15-36)16-17-38-3)32-28(31-25)39-23-10-8-22(9-11-23)29-27(37)21-6-4-5-7-21/h8-11,18,21H,4-7,12-17H2,1-3H3,(H,29,37)(H2,30,31,32,33,34). The van der Waals surface area contributed by atoms with Gasteiger partial charge < -0.3 is 20.3 Å². The zero-order valence-corrected chi connectivity index (χ0v) is 23.8. The number of hydrogen-bond acceptors (Lipinski definition) is 9. The lowest BCUT2D eigenvalue weighted by Gasteiger charge is -2.36. The second kappa shape index (κ2) is 12.8. The van der Waals surface area contributed by atoms with Crippen LogP contribution < -0.4 is 15.5 Å². The van der Waals surface area contributed by atoms with E-state index in [1.54, 1.807) is 7.11 Å². The summed E-state index contributed by atoms with van der Waals surface area (Å²) in [6.45, 7) is 9.43. The zero-order chi connectivity index (χ0) is 27.2. The van der Waals surface area contributed by atoms with Crippen molar-refractivity contribution in [3.8, 4) is 0 Å². The van der Waals surface area contributed by atoms with Crippen molar-refractivity contribution in [2.75, 3.05) is 62.0 Å². The number of aryl methyl sites for hydroxylation is 1. The van der Waals surface area contributed by atoms with Crippen molar-refractivity contribution >= 4 is 40.8 Å². The van der Waals surface area contributed by atoms with Crippen LogP contribution >= 0.6 is 11.8 Å². The molecule has 3 heterocycles. The van der Waals surface area contributed by atoms with Gasteiger partial charge >= 0.3 is 0 Å². The highest BCUT2D eigenvalue weighted by Crippen LogP contribution is 2.33. The minimum Gasteiger partial charge on any atom is -0.383 e. The molecule has 0 atom stereocenters. The first-order valence-corrected chi connectivity index (χ1v) is 14.5. The van der Waals surface area contributed by atoms with Gasteiger partial charge in [-0.2, -0.15) is 5.10 Å². The topological polar surface area (TPSA) is 111 Å². The van der Waals surface area contributed by atoms with Crippen molar-refractivity contribution < 1.29 is 9.53 Å². The number of H-pyrrole nitrogens is 1. The summed E-state index contributed by atoms with van der Waals surface area (Å²) in [5.74, 6) is 2.68. The van der Waals surface area contributed by atoms with E-state index >= 15 is 0 Å². The highest BCUT2D eigenvalue weighted by atomic mass is 32.2. The number of benzene rings is 1. The Hall–Kier alpha value is -3.15. The van der Waals surface area contributed by atoms with Gasteiger partial charge in [-0.25, -0.2) is 9.97 Å². The Labute approximate surface area is 234 Å². The zero-order valence-electron chi connectivity index (χ0n) is 23.0. The summed E-state index contributed by atoms with van der Waals surface area (Å²) >= 11 is 1.51. The third kappa shape index (κ3) is 7.09. The SMILES string of the molecule is COCCN1CCN(c2nc(Sc3ccc(NC(=O)C4CCCC4)cc3)nc(Nc3cc(C)[nH]n3)c2C)CC1. The molecule has 1 aliphatic heterocycles. The highest BCUT2D eigenvalue weighted by Gasteiger charge is 2.24. The van der Waals surface area contributed by atoms with Gasteiger partial charge in [-0.15, -0.1) is 0 Å². The van der Waals surface area contributed by atoms with Crippen molar-refractivity contribution in [1.82, 2.24) is 25.1 Å². The number of nitrogens with zero attached hydrogens (tertiary/aromatic N) is 5. The van der Waals surface area contributed by atoms with E-state index in [-0.39, 0.29) is 11.8 Å². The summed E-state index contributed by atoms with van der Waals surface area (Å²) in [5.41, 5.74) is 2.80. The molecule has 1 aromatic carbocycles. The van der Waals surface area contributed by atoms with Gasteiger partial charge in [-0.05, 0) is 62.7 Å². The first kappa shape index (κ1) is 27.4. The molecule has 0 radical (unpaired) electrons. The van der Waals surface area contributed by atoms with E-state index in [4.69, 9.17) is 14.7 Å². The highest BCUT2D eigenvalue weighted by molar-refractivity contribution is 7.99. The quantitative estimate of drug-likeness (QED) is 0.312. The molecule has 0 bridgehead atoms. The Morgan fingerprint density at radius 2 is 1.85 bits per heavy atom. The van der Waals surface area contributed by atoms with Crippen LogP contribution in [0.15, 0.2) is 40.4 Å². The Bertz CT molecular complexity index is 1250. The summed E-state index contributed by atoms with van der Waals surface area (Å²) in [7, 11) is 1.75. The average Bonchev–Trinajstić information content (AvgIpc) is 3.63. The van der Waals surface area contributed by atoms with Crippen LogP contribution in [0, 0.1) is 19.8 Å². The molecule has 5 rings (SSSR count). The van der Waals surface area contributed by atoms with E-state index < -0.39 is 0 Å². The average molecular weight is 551 g/mol. The monoisotopic (exact) mass is 550 g/mol. The number of aromatic amines is 1. The van der Waals surface area contributed by atoms with E-state index in [0.29, 0.717) is 5.16 Å². The molecule has 11 heteroatoms. The molecule has 2 aromatic heterocycles. The van der Waals surface area contributed by atoms with Crippen molar-refractivity contribution in [3.63, 3.8) is 0 Å². The minimum absolute atomic E-state index is 0.131. The van der Waals surface area contributed by atoms with E-state index in [2.05, 4.69) is 37.6 Å². The Kier molecular flexibility index (Phi) is 9.00.